The van der Waals surface area contributed by atoms with E-state index in [9.17, 15) is 14.7 Å². The van der Waals surface area contributed by atoms with Gasteiger partial charge in [0.05, 0.1) is 17.8 Å². The maximum absolute atomic E-state index is 14.3. The van der Waals surface area contributed by atoms with E-state index < -0.39 is 6.04 Å². The Morgan fingerprint density at radius 1 is 1.07 bits per heavy atom. The smallest absolute Gasteiger partial charge is 0.257 e. The predicted octanol–water partition coefficient (Wildman–Crippen LogP) is 2.96. The first-order chi connectivity index (χ1) is 21.4. The monoisotopic (exact) mass is 665 g/mol. The number of amides is 2. The van der Waals surface area contributed by atoms with Gasteiger partial charge >= 0.3 is 0 Å². The number of anilines is 1. The maximum atomic E-state index is 14.3. The van der Waals surface area contributed by atoms with Crippen molar-refractivity contribution in [1.29, 1.82) is 0 Å². The number of epoxide rings is 1. The molecule has 11 heteroatoms. The number of para-hydroxylation sites is 1. The van der Waals surface area contributed by atoms with E-state index in [4.69, 9.17) is 9.47 Å². The zero-order valence-electron chi connectivity index (χ0n) is 25.2. The number of carbonyl (C=O) groups excluding carboxylic acids is 2. The normalized spacial score (nSPS) is 22.8. The third-order valence-corrected chi connectivity index (χ3v) is 9.59. The van der Waals surface area contributed by atoms with Crippen molar-refractivity contribution >= 4 is 44.2 Å². The first-order valence-corrected chi connectivity index (χ1v) is 16.1. The molecule has 3 aliphatic heterocycles. The third kappa shape index (κ3) is 6.35. The number of aliphatic hydroxyl groups is 1. The Morgan fingerprint density at radius 2 is 1.84 bits per heavy atom. The number of likely N-dealkylation sites (N-methyl/N-ethyl adjacent to an activating group) is 1. The van der Waals surface area contributed by atoms with Crippen LogP contribution in [0.5, 0.6) is 5.75 Å². The lowest BCUT2D eigenvalue weighted by molar-refractivity contribution is -0.121. The number of carbonyl (C=O) groups is 2. The molecule has 0 saturated carbocycles. The number of aliphatic hydroxyl groups excluding tert-OH is 1. The molecule has 0 aliphatic carbocycles. The zero-order valence-corrected chi connectivity index (χ0v) is 26.8. The number of hydrogen-bond acceptors (Lipinski definition) is 8. The van der Waals surface area contributed by atoms with Crippen LogP contribution in [0.25, 0.3) is 10.8 Å². The SMILES string of the molecule is CNC(C)C1OC1NC1COc2c(C(=O)N3CCN(CCCO)CC3)cccc2N(Cc2ccc(Br)c3ccccc23)C1=O. The summed E-state index contributed by atoms with van der Waals surface area (Å²) in [6.07, 6.45) is 0.409. The lowest BCUT2D eigenvalue weighted by Gasteiger charge is -2.35. The van der Waals surface area contributed by atoms with E-state index in [1.165, 1.54) is 0 Å². The highest BCUT2D eigenvalue weighted by atomic mass is 79.9. The van der Waals surface area contributed by atoms with Crippen molar-refractivity contribution in [2.75, 3.05) is 57.9 Å². The molecule has 6 rings (SSSR count). The molecule has 0 aromatic heterocycles. The van der Waals surface area contributed by atoms with Crippen LogP contribution in [0.3, 0.4) is 0 Å². The van der Waals surface area contributed by atoms with Crippen LogP contribution >= 0.6 is 15.9 Å². The number of piperazine rings is 1. The first kappa shape index (κ1) is 30.9. The summed E-state index contributed by atoms with van der Waals surface area (Å²) in [7, 11) is 1.89. The second-order valence-corrected chi connectivity index (χ2v) is 12.5. The molecule has 0 bridgehead atoms. The van der Waals surface area contributed by atoms with Gasteiger partial charge in [0.15, 0.2) is 5.75 Å². The zero-order chi connectivity index (χ0) is 30.8. The van der Waals surface area contributed by atoms with Gasteiger partial charge in [0.25, 0.3) is 5.91 Å². The van der Waals surface area contributed by atoms with Crippen molar-refractivity contribution in [3.63, 3.8) is 0 Å². The van der Waals surface area contributed by atoms with E-state index in [-0.39, 0.29) is 43.4 Å². The third-order valence-electron chi connectivity index (χ3n) is 8.89. The van der Waals surface area contributed by atoms with Crippen molar-refractivity contribution < 1.29 is 24.2 Å². The Hall–Kier alpha value is -3.06. The summed E-state index contributed by atoms with van der Waals surface area (Å²) in [4.78, 5) is 34.1. The van der Waals surface area contributed by atoms with Gasteiger partial charge in [-0.2, -0.15) is 0 Å². The molecule has 2 fully saturated rings. The number of benzene rings is 3. The van der Waals surface area contributed by atoms with Crippen molar-refractivity contribution in [2.24, 2.45) is 0 Å². The second-order valence-electron chi connectivity index (χ2n) is 11.7. The molecular weight excluding hydrogens is 626 g/mol. The molecule has 3 heterocycles. The predicted molar refractivity (Wildman–Crippen MR) is 173 cm³/mol. The molecule has 10 nitrogen and oxygen atoms in total. The standard InChI is InChI=1S/C33H40BrN5O5/c1-21(35-2)29-31(44-29)36-27-20-43-30-25(32(41)38-16-14-37(15-17-38)13-6-18-40)9-5-10-28(30)39(33(27)42)19-22-11-12-26(34)24-8-4-3-7-23(22)24/h3-5,7-12,21,27,29,31,35-36,40H,6,13-20H2,1-2H3. The maximum Gasteiger partial charge on any atom is 0.257 e. The van der Waals surface area contributed by atoms with Gasteiger partial charge < -0.3 is 29.7 Å². The van der Waals surface area contributed by atoms with Crippen LogP contribution in [0, 0.1) is 0 Å². The molecule has 4 atom stereocenters. The Bertz CT molecular complexity index is 1510. The van der Waals surface area contributed by atoms with E-state index >= 15 is 0 Å². The number of rotatable bonds is 10. The number of nitrogens with one attached hydrogen (secondary N) is 2. The summed E-state index contributed by atoms with van der Waals surface area (Å²) in [5.74, 6) is 0.185. The average Bonchev–Trinajstić information content (AvgIpc) is 3.85. The number of fused-ring (bicyclic) bond motifs is 2. The average molecular weight is 667 g/mol. The number of hydrogen-bond donors (Lipinski definition) is 3. The molecule has 0 spiro atoms. The van der Waals surface area contributed by atoms with Crippen LogP contribution in [-0.2, 0) is 16.1 Å². The van der Waals surface area contributed by atoms with Gasteiger partial charge in [-0.3, -0.25) is 19.8 Å². The highest BCUT2D eigenvalue weighted by Crippen LogP contribution is 2.38. The fourth-order valence-electron chi connectivity index (χ4n) is 6.16. The molecule has 2 amide bonds. The number of halogens is 1. The number of nitrogens with zero attached hydrogens (tertiary/aromatic N) is 3. The summed E-state index contributed by atoms with van der Waals surface area (Å²) in [5, 5.41) is 17.9. The Kier molecular flexibility index (Phi) is 9.51. The Morgan fingerprint density at radius 3 is 2.59 bits per heavy atom. The topological polar surface area (TPSA) is 110 Å². The molecule has 3 aromatic carbocycles. The number of ether oxygens (including phenoxy) is 2. The fourth-order valence-corrected chi connectivity index (χ4v) is 6.64. The Labute approximate surface area is 266 Å². The molecule has 3 N–H and O–H groups in total. The largest absolute Gasteiger partial charge is 0.488 e. The summed E-state index contributed by atoms with van der Waals surface area (Å²) in [6, 6.07) is 17.1. The summed E-state index contributed by atoms with van der Waals surface area (Å²) in [6.45, 7) is 6.10. The van der Waals surface area contributed by atoms with Crippen LogP contribution in [-0.4, -0.2) is 104 Å². The molecule has 0 radical (unpaired) electrons. The van der Waals surface area contributed by atoms with E-state index in [1.807, 2.05) is 55.3 Å². The van der Waals surface area contributed by atoms with E-state index in [0.717, 1.165) is 46.9 Å². The molecule has 3 aromatic rings. The van der Waals surface area contributed by atoms with Crippen molar-refractivity contribution in [2.45, 2.75) is 44.3 Å². The van der Waals surface area contributed by atoms with E-state index in [2.05, 4.69) is 43.6 Å². The second kappa shape index (κ2) is 13.5. The molecule has 44 heavy (non-hydrogen) atoms. The van der Waals surface area contributed by atoms with Crippen molar-refractivity contribution in [3.8, 4) is 5.75 Å². The molecular formula is C33H40BrN5O5. The quantitative estimate of drug-likeness (QED) is 0.284. The Balaban J connectivity index is 1.31. The van der Waals surface area contributed by atoms with Crippen LogP contribution in [0.2, 0.25) is 0 Å². The van der Waals surface area contributed by atoms with Crippen LogP contribution < -0.4 is 20.3 Å². The van der Waals surface area contributed by atoms with Crippen LogP contribution in [0.4, 0.5) is 5.69 Å². The highest BCUT2D eigenvalue weighted by molar-refractivity contribution is 9.10. The van der Waals surface area contributed by atoms with E-state index in [0.29, 0.717) is 36.6 Å². The lowest BCUT2D eigenvalue weighted by atomic mass is 10.0. The minimum atomic E-state index is -0.666. The van der Waals surface area contributed by atoms with Gasteiger partial charge in [0.1, 0.15) is 25.0 Å². The van der Waals surface area contributed by atoms with Gasteiger partial charge in [0.2, 0.25) is 5.91 Å². The first-order valence-electron chi connectivity index (χ1n) is 15.3. The van der Waals surface area contributed by atoms with Crippen molar-refractivity contribution in [1.82, 2.24) is 20.4 Å². The lowest BCUT2D eigenvalue weighted by Crippen LogP contribution is -2.50. The molecule has 4 unspecified atom stereocenters. The van der Waals surface area contributed by atoms with Gasteiger partial charge in [0, 0.05) is 49.8 Å². The minimum absolute atomic E-state index is 0.0459. The molecule has 234 valence electrons. The van der Waals surface area contributed by atoms with Gasteiger partial charge in [-0.25, -0.2) is 0 Å². The highest BCUT2D eigenvalue weighted by Gasteiger charge is 2.46. The summed E-state index contributed by atoms with van der Waals surface area (Å²) < 4.78 is 13.2. The van der Waals surface area contributed by atoms with Crippen molar-refractivity contribution in [3.05, 3.63) is 70.2 Å². The van der Waals surface area contributed by atoms with Crippen LogP contribution in [0.15, 0.2) is 59.1 Å². The van der Waals surface area contributed by atoms with Gasteiger partial charge in [-0.05, 0) is 54.9 Å². The van der Waals surface area contributed by atoms with E-state index in [1.54, 1.807) is 11.0 Å². The molecule has 2 saturated heterocycles. The summed E-state index contributed by atoms with van der Waals surface area (Å²) in [5.41, 5.74) is 2.02. The van der Waals surface area contributed by atoms with Crippen LogP contribution in [0.1, 0.15) is 29.3 Å². The van der Waals surface area contributed by atoms with Gasteiger partial charge in [-0.1, -0.05) is 52.3 Å². The van der Waals surface area contributed by atoms with Gasteiger partial charge in [-0.15, -0.1) is 0 Å². The molecule has 3 aliphatic rings. The summed E-state index contributed by atoms with van der Waals surface area (Å²) >= 11 is 3.67. The fraction of sp³-hybridized carbons (Fsp3) is 0.455. The minimum Gasteiger partial charge on any atom is -0.488 e.